The van der Waals surface area contributed by atoms with Crippen LogP contribution in [0.4, 0.5) is 18.0 Å². The third-order valence-corrected chi connectivity index (χ3v) is 5.19. The molecule has 0 saturated carbocycles. The molecule has 174 valence electrons. The first-order valence-electron chi connectivity index (χ1n) is 10.4. The molecule has 1 unspecified atom stereocenters. The number of benzene rings is 2. The van der Waals surface area contributed by atoms with Gasteiger partial charge in [-0.05, 0) is 29.7 Å². The summed E-state index contributed by atoms with van der Waals surface area (Å²) in [5, 5.41) is 5.29. The zero-order valence-corrected chi connectivity index (χ0v) is 17.6. The number of nitrogens with zero attached hydrogens (tertiary/aromatic N) is 3. The summed E-state index contributed by atoms with van der Waals surface area (Å²) >= 11 is 0. The normalized spacial score (nSPS) is 20.3. The van der Waals surface area contributed by atoms with E-state index in [2.05, 4.69) is 15.3 Å². The minimum absolute atomic E-state index is 0.232. The largest absolute Gasteiger partial charge is 0.573 e. The highest BCUT2D eigenvalue weighted by Gasteiger charge is 2.33. The highest BCUT2D eigenvalue weighted by molar-refractivity contribution is 5.79. The van der Waals surface area contributed by atoms with Crippen LogP contribution in [0.25, 0.3) is 0 Å². The van der Waals surface area contributed by atoms with Crippen molar-refractivity contribution in [1.29, 1.82) is 0 Å². The summed E-state index contributed by atoms with van der Waals surface area (Å²) < 4.78 is 46.7. The lowest BCUT2D eigenvalue weighted by atomic mass is 10.1. The van der Waals surface area contributed by atoms with E-state index >= 15 is 0 Å². The fraction of sp³-hybridized carbons (Fsp3) is 0.304. The van der Waals surface area contributed by atoms with Crippen LogP contribution in [0, 0.1) is 0 Å². The molecule has 2 aromatic carbocycles. The maximum atomic E-state index is 13.1. The number of nitrogens with one attached hydrogen (secondary N) is 1. The zero-order valence-electron chi connectivity index (χ0n) is 17.6. The number of hydrogen-bond acceptors (Lipinski definition) is 5. The summed E-state index contributed by atoms with van der Waals surface area (Å²) in [4.78, 5) is 14.8. The van der Waals surface area contributed by atoms with Gasteiger partial charge in [-0.2, -0.15) is 10.5 Å². The summed E-state index contributed by atoms with van der Waals surface area (Å²) in [6.07, 6.45) is 1.47. The Morgan fingerprint density at radius 3 is 2.61 bits per heavy atom. The lowest BCUT2D eigenvalue weighted by Crippen LogP contribution is -2.51. The van der Waals surface area contributed by atoms with Crippen molar-refractivity contribution >= 4 is 12.2 Å². The highest BCUT2D eigenvalue weighted by Crippen LogP contribution is 2.25. The molecule has 0 radical (unpaired) electrons. The van der Waals surface area contributed by atoms with Crippen molar-refractivity contribution in [2.75, 3.05) is 13.2 Å². The van der Waals surface area contributed by atoms with Crippen LogP contribution in [0.5, 0.6) is 5.75 Å². The van der Waals surface area contributed by atoms with Crippen LogP contribution >= 0.6 is 0 Å². The maximum Gasteiger partial charge on any atom is 0.573 e. The van der Waals surface area contributed by atoms with Gasteiger partial charge in [0.2, 0.25) is 0 Å². The molecule has 0 aromatic heterocycles. The second-order valence-electron chi connectivity index (χ2n) is 7.56. The van der Waals surface area contributed by atoms with E-state index in [1.807, 2.05) is 42.5 Å². The van der Waals surface area contributed by atoms with Gasteiger partial charge >= 0.3 is 12.4 Å². The maximum absolute atomic E-state index is 13.1. The molecule has 7 nitrogen and oxygen atoms in total. The molecule has 0 spiro atoms. The SMILES string of the molecule is O=C(N1N=CC(c2ccc(OC(F)(F)F)cc2)N1)N1CCC=C[C@H]1COCc1ccccc1. The Bertz CT molecular complexity index is 996. The fourth-order valence-electron chi connectivity index (χ4n) is 3.59. The van der Waals surface area contributed by atoms with Gasteiger partial charge in [-0.3, -0.25) is 0 Å². The first-order valence-corrected chi connectivity index (χ1v) is 10.4. The molecule has 2 aliphatic rings. The quantitative estimate of drug-likeness (QED) is 0.649. The monoisotopic (exact) mass is 460 g/mol. The highest BCUT2D eigenvalue weighted by atomic mass is 19.4. The van der Waals surface area contributed by atoms with E-state index in [-0.39, 0.29) is 17.8 Å². The number of rotatable bonds is 6. The Balaban J connectivity index is 1.32. The van der Waals surface area contributed by atoms with Gasteiger partial charge in [0.05, 0.1) is 31.5 Å². The summed E-state index contributed by atoms with van der Waals surface area (Å²) in [6, 6.07) is 14.2. The Hall–Kier alpha value is -3.37. The van der Waals surface area contributed by atoms with Crippen LogP contribution < -0.4 is 10.2 Å². The van der Waals surface area contributed by atoms with Crippen molar-refractivity contribution in [1.82, 2.24) is 15.4 Å². The Morgan fingerprint density at radius 2 is 1.88 bits per heavy atom. The van der Waals surface area contributed by atoms with Crippen molar-refractivity contribution in [3.63, 3.8) is 0 Å². The summed E-state index contributed by atoms with van der Waals surface area (Å²) in [5.41, 5.74) is 4.66. The average Bonchev–Trinajstić information content (AvgIpc) is 3.29. The van der Waals surface area contributed by atoms with Crippen LogP contribution in [-0.2, 0) is 11.3 Å². The topological polar surface area (TPSA) is 66.4 Å². The second kappa shape index (κ2) is 10.1. The van der Waals surface area contributed by atoms with E-state index in [1.165, 1.54) is 30.5 Å². The summed E-state index contributed by atoms with van der Waals surface area (Å²) in [6.45, 7) is 1.32. The molecule has 4 rings (SSSR count). The Labute approximate surface area is 189 Å². The summed E-state index contributed by atoms with van der Waals surface area (Å²) in [7, 11) is 0. The fourth-order valence-corrected chi connectivity index (χ4v) is 3.59. The molecular formula is C23H23F3N4O3. The third-order valence-electron chi connectivity index (χ3n) is 5.19. The molecule has 2 amide bonds. The minimum Gasteiger partial charge on any atom is -0.406 e. The number of urea groups is 1. The number of hydrogen-bond donors (Lipinski definition) is 1. The molecule has 2 heterocycles. The lowest BCUT2D eigenvalue weighted by molar-refractivity contribution is -0.274. The van der Waals surface area contributed by atoms with Crippen LogP contribution in [0.3, 0.4) is 0 Å². The zero-order chi connectivity index (χ0) is 23.3. The molecule has 0 bridgehead atoms. The predicted octanol–water partition coefficient (Wildman–Crippen LogP) is 4.40. The van der Waals surface area contributed by atoms with Crippen LogP contribution in [0.15, 0.2) is 71.9 Å². The van der Waals surface area contributed by atoms with Gasteiger partial charge in [0, 0.05) is 6.54 Å². The van der Waals surface area contributed by atoms with E-state index in [1.54, 1.807) is 4.90 Å². The van der Waals surface area contributed by atoms with E-state index in [0.717, 1.165) is 17.1 Å². The van der Waals surface area contributed by atoms with Gasteiger partial charge in [-0.25, -0.2) is 4.79 Å². The first kappa shape index (κ1) is 22.8. The number of amides is 2. The molecule has 0 aliphatic carbocycles. The van der Waals surface area contributed by atoms with Gasteiger partial charge in [0.1, 0.15) is 5.75 Å². The standard InChI is InChI=1S/C23H23F3N4O3/c24-23(25,26)33-20-11-9-18(10-12-20)21-14-27-30(28-21)22(31)29-13-5-4-8-19(29)16-32-15-17-6-2-1-3-7-17/h1-4,6-12,14,19,21,28H,5,13,15-16H2/t19-,21?/m0/s1. The van der Waals surface area contributed by atoms with Crippen LogP contribution in [-0.4, -0.2) is 47.8 Å². The molecule has 2 aliphatic heterocycles. The number of alkyl halides is 3. The molecule has 33 heavy (non-hydrogen) atoms. The van der Waals surface area contributed by atoms with Gasteiger partial charge < -0.3 is 14.4 Å². The van der Waals surface area contributed by atoms with E-state index in [9.17, 15) is 18.0 Å². The number of halogens is 3. The number of carbonyl (C=O) groups excluding carboxylic acids is 1. The van der Waals surface area contributed by atoms with Crippen molar-refractivity contribution < 1.29 is 27.4 Å². The van der Waals surface area contributed by atoms with Crippen molar-refractivity contribution in [3.8, 4) is 5.75 Å². The van der Waals surface area contributed by atoms with Crippen molar-refractivity contribution in [2.24, 2.45) is 5.10 Å². The Kier molecular flexibility index (Phi) is 6.95. The van der Waals surface area contributed by atoms with E-state index in [4.69, 9.17) is 4.74 Å². The smallest absolute Gasteiger partial charge is 0.406 e. The average molecular weight is 460 g/mol. The molecule has 0 saturated heterocycles. The minimum atomic E-state index is -4.75. The van der Waals surface area contributed by atoms with Gasteiger partial charge in [-0.15, -0.1) is 18.3 Å². The Morgan fingerprint density at radius 1 is 1.12 bits per heavy atom. The lowest BCUT2D eigenvalue weighted by Gasteiger charge is -2.34. The second-order valence-corrected chi connectivity index (χ2v) is 7.56. The van der Waals surface area contributed by atoms with E-state index in [0.29, 0.717) is 25.3 Å². The third kappa shape index (κ3) is 6.11. The number of carbonyl (C=O) groups is 1. The number of hydrazone groups is 1. The van der Waals surface area contributed by atoms with E-state index < -0.39 is 12.4 Å². The van der Waals surface area contributed by atoms with Gasteiger partial charge in [0.25, 0.3) is 0 Å². The molecule has 10 heteroatoms. The molecule has 2 aromatic rings. The number of ether oxygens (including phenoxy) is 2. The molecular weight excluding hydrogens is 437 g/mol. The molecule has 2 atom stereocenters. The first-order chi connectivity index (χ1) is 15.9. The molecule has 0 fully saturated rings. The van der Waals surface area contributed by atoms with Crippen LogP contribution in [0.2, 0.25) is 0 Å². The van der Waals surface area contributed by atoms with Crippen molar-refractivity contribution in [3.05, 3.63) is 77.9 Å². The van der Waals surface area contributed by atoms with Gasteiger partial charge in [0.15, 0.2) is 0 Å². The molecule has 1 N–H and O–H groups in total. The van der Waals surface area contributed by atoms with Crippen molar-refractivity contribution in [2.45, 2.75) is 31.5 Å². The number of hydrazine groups is 1. The predicted molar refractivity (Wildman–Crippen MR) is 115 cm³/mol. The van der Waals surface area contributed by atoms with Crippen LogP contribution in [0.1, 0.15) is 23.6 Å². The van der Waals surface area contributed by atoms with Gasteiger partial charge in [-0.1, -0.05) is 54.6 Å². The summed E-state index contributed by atoms with van der Waals surface area (Å²) in [5.74, 6) is -0.312.